The molecule has 0 unspecified atom stereocenters. The monoisotopic (exact) mass is 477 g/mol. The van der Waals surface area contributed by atoms with Crippen LogP contribution in [0.15, 0.2) is 96.8 Å². The average molecular weight is 478 g/mol. The fourth-order valence-electron chi connectivity index (χ4n) is 3.05. The maximum Gasteiger partial charge on any atom is 0.195 e. The van der Waals surface area contributed by atoms with Crippen LogP contribution in [0.3, 0.4) is 0 Å². The number of carbonyl (C=O) groups excluding carboxylic acids is 1. The van der Waals surface area contributed by atoms with Crippen LogP contribution < -0.4 is 14.8 Å². The molecule has 2 aromatic rings. The Kier molecular flexibility index (Phi) is 10.7. The minimum absolute atomic E-state index is 0.181. The maximum absolute atomic E-state index is 12.5. The predicted molar refractivity (Wildman–Crippen MR) is 138 cm³/mol. The molecule has 0 saturated heterocycles. The lowest BCUT2D eigenvalue weighted by Crippen LogP contribution is -2.00. The van der Waals surface area contributed by atoms with E-state index in [1.54, 1.807) is 44.7 Å². The third kappa shape index (κ3) is 7.85. The molecule has 0 fully saturated rings. The van der Waals surface area contributed by atoms with Crippen LogP contribution in [0.5, 0.6) is 11.5 Å². The van der Waals surface area contributed by atoms with E-state index in [-0.39, 0.29) is 5.78 Å². The second kappa shape index (κ2) is 14.0. The highest BCUT2D eigenvalue weighted by Gasteiger charge is 2.09. The molecular formula is C28H31NO6. The zero-order chi connectivity index (χ0) is 25.6. The Morgan fingerprint density at radius 2 is 1.60 bits per heavy atom. The van der Waals surface area contributed by atoms with Gasteiger partial charge in [-0.1, -0.05) is 36.9 Å². The van der Waals surface area contributed by atoms with Crippen molar-refractivity contribution in [2.45, 2.75) is 0 Å². The Morgan fingerprint density at radius 1 is 0.886 bits per heavy atom. The third-order valence-electron chi connectivity index (χ3n) is 4.78. The summed E-state index contributed by atoms with van der Waals surface area (Å²) >= 11 is 0. The van der Waals surface area contributed by atoms with Gasteiger partial charge in [0, 0.05) is 12.3 Å². The summed E-state index contributed by atoms with van der Waals surface area (Å²) in [6.07, 6.45) is 9.93. The normalized spacial score (nSPS) is 11.9. The van der Waals surface area contributed by atoms with Crippen molar-refractivity contribution in [3.05, 3.63) is 108 Å². The second-order valence-corrected chi connectivity index (χ2v) is 7.04. The molecule has 0 radical (unpaired) electrons. The molecule has 2 aromatic carbocycles. The molecule has 1 N–H and O–H groups in total. The van der Waals surface area contributed by atoms with Gasteiger partial charge in [0.15, 0.2) is 17.3 Å². The zero-order valence-electron chi connectivity index (χ0n) is 20.7. The van der Waals surface area contributed by atoms with Crippen LogP contribution in [-0.4, -0.2) is 41.3 Å². The zero-order valence-corrected chi connectivity index (χ0v) is 20.7. The van der Waals surface area contributed by atoms with Crippen molar-refractivity contribution < 1.29 is 28.5 Å². The van der Waals surface area contributed by atoms with Crippen LogP contribution in [-0.2, 0) is 14.2 Å². The fourth-order valence-corrected chi connectivity index (χ4v) is 3.05. The lowest BCUT2D eigenvalue weighted by molar-refractivity contribution is 0.104. The smallest absolute Gasteiger partial charge is 0.195 e. The van der Waals surface area contributed by atoms with E-state index in [0.717, 1.165) is 5.56 Å². The number of para-hydroxylation sites is 1. The molecule has 7 nitrogen and oxygen atoms in total. The Hall–Kier alpha value is -4.39. The number of ether oxygens (including phenoxy) is 5. The van der Waals surface area contributed by atoms with E-state index in [4.69, 9.17) is 23.7 Å². The summed E-state index contributed by atoms with van der Waals surface area (Å²) in [7, 11) is 7.71. The topological polar surface area (TPSA) is 75.3 Å². The van der Waals surface area contributed by atoms with Crippen molar-refractivity contribution in [3.8, 4) is 11.5 Å². The van der Waals surface area contributed by atoms with E-state index in [9.17, 15) is 4.79 Å². The van der Waals surface area contributed by atoms with E-state index in [1.807, 2.05) is 36.4 Å². The number of carbonyl (C=O) groups is 1. The van der Waals surface area contributed by atoms with Crippen LogP contribution in [0.1, 0.15) is 15.9 Å². The predicted octanol–water partition coefficient (Wildman–Crippen LogP) is 5.75. The van der Waals surface area contributed by atoms with Crippen molar-refractivity contribution in [2.75, 3.05) is 40.9 Å². The summed E-state index contributed by atoms with van der Waals surface area (Å²) in [6, 6.07) is 12.7. The summed E-state index contributed by atoms with van der Waals surface area (Å²) in [5.41, 5.74) is 2.76. The number of ketones is 1. The second-order valence-electron chi connectivity index (χ2n) is 7.04. The highest BCUT2D eigenvalue weighted by molar-refractivity contribution is 6.06. The summed E-state index contributed by atoms with van der Waals surface area (Å²) in [5, 5.41) is 3.11. The van der Waals surface area contributed by atoms with Gasteiger partial charge in [-0.05, 0) is 41.5 Å². The van der Waals surface area contributed by atoms with Gasteiger partial charge in [-0.15, -0.1) is 0 Å². The van der Waals surface area contributed by atoms with Crippen LogP contribution in [0.4, 0.5) is 5.69 Å². The van der Waals surface area contributed by atoms with Crippen molar-refractivity contribution in [3.63, 3.8) is 0 Å². The number of anilines is 1. The van der Waals surface area contributed by atoms with Gasteiger partial charge in [0.2, 0.25) is 0 Å². The van der Waals surface area contributed by atoms with Crippen molar-refractivity contribution >= 4 is 17.5 Å². The van der Waals surface area contributed by atoms with Gasteiger partial charge >= 0.3 is 0 Å². The molecule has 0 saturated carbocycles. The largest absolute Gasteiger partial charge is 0.500 e. The van der Waals surface area contributed by atoms with Crippen LogP contribution in [0.25, 0.3) is 6.08 Å². The quantitative estimate of drug-likeness (QED) is 0.170. The Morgan fingerprint density at radius 3 is 2.26 bits per heavy atom. The van der Waals surface area contributed by atoms with Gasteiger partial charge in [0.05, 0.1) is 46.8 Å². The van der Waals surface area contributed by atoms with Crippen LogP contribution >= 0.6 is 0 Å². The number of hydrogen-bond donors (Lipinski definition) is 1. The number of allylic oxidation sites excluding steroid dienone is 4. The van der Waals surface area contributed by atoms with Gasteiger partial charge in [-0.3, -0.25) is 4.79 Å². The number of rotatable bonds is 13. The minimum atomic E-state index is -0.181. The first kappa shape index (κ1) is 26.9. The van der Waals surface area contributed by atoms with E-state index >= 15 is 0 Å². The molecule has 0 spiro atoms. The summed E-state index contributed by atoms with van der Waals surface area (Å²) < 4.78 is 26.3. The van der Waals surface area contributed by atoms with Crippen molar-refractivity contribution in [1.29, 1.82) is 0 Å². The first-order chi connectivity index (χ1) is 17.0. The molecule has 0 bridgehead atoms. The molecule has 184 valence electrons. The molecule has 35 heavy (non-hydrogen) atoms. The van der Waals surface area contributed by atoms with Crippen LogP contribution in [0.2, 0.25) is 0 Å². The third-order valence-corrected chi connectivity index (χ3v) is 4.78. The lowest BCUT2D eigenvalue weighted by Gasteiger charge is -2.10. The highest BCUT2D eigenvalue weighted by Crippen LogP contribution is 2.27. The van der Waals surface area contributed by atoms with E-state index in [1.165, 1.54) is 33.7 Å². The highest BCUT2D eigenvalue weighted by atomic mass is 16.5. The Bertz CT molecular complexity index is 1140. The number of hydrogen-bond acceptors (Lipinski definition) is 7. The summed E-state index contributed by atoms with van der Waals surface area (Å²) in [4.78, 5) is 12.5. The number of benzene rings is 2. The minimum Gasteiger partial charge on any atom is -0.500 e. The van der Waals surface area contributed by atoms with Gasteiger partial charge in [-0.2, -0.15) is 0 Å². The first-order valence-corrected chi connectivity index (χ1v) is 10.7. The van der Waals surface area contributed by atoms with Gasteiger partial charge in [0.1, 0.15) is 17.8 Å². The van der Waals surface area contributed by atoms with Crippen molar-refractivity contribution in [2.24, 2.45) is 0 Å². The number of methoxy groups -OCH3 is 5. The Labute approximate surface area is 206 Å². The SMILES string of the molecule is C=C(/C=C\c1ccc(OC)c(N/C=C\C(=O)c2ccccc2OC)c1)/C=C(OC)\C(=C\OC)OC. The molecule has 7 heteroatoms. The molecule has 0 atom stereocenters. The average Bonchev–Trinajstić information content (AvgIpc) is 2.89. The maximum atomic E-state index is 12.5. The summed E-state index contributed by atoms with van der Waals surface area (Å²) in [6.45, 7) is 4.04. The molecule has 0 aliphatic rings. The molecular weight excluding hydrogens is 446 g/mol. The first-order valence-electron chi connectivity index (χ1n) is 10.7. The van der Waals surface area contributed by atoms with E-state index in [2.05, 4.69) is 11.9 Å². The molecule has 0 amide bonds. The van der Waals surface area contributed by atoms with Crippen LogP contribution in [0, 0.1) is 0 Å². The van der Waals surface area contributed by atoms with Crippen molar-refractivity contribution in [1.82, 2.24) is 0 Å². The summed E-state index contributed by atoms with van der Waals surface area (Å²) in [5.74, 6) is 1.89. The molecule has 2 rings (SSSR count). The van der Waals surface area contributed by atoms with Gasteiger partial charge in [-0.25, -0.2) is 0 Å². The van der Waals surface area contributed by atoms with E-state index < -0.39 is 0 Å². The lowest BCUT2D eigenvalue weighted by atomic mass is 10.1. The van der Waals surface area contributed by atoms with E-state index in [0.29, 0.717) is 39.8 Å². The molecule has 0 heterocycles. The fraction of sp³-hybridized carbons (Fsp3) is 0.179. The molecule has 0 aliphatic heterocycles. The van der Waals surface area contributed by atoms with Gasteiger partial charge < -0.3 is 29.0 Å². The molecule has 0 aliphatic carbocycles. The Balaban J connectivity index is 2.17. The number of nitrogens with one attached hydrogen (secondary N) is 1. The standard InChI is InChI=1S/C28H31NO6/c1-20(17-27(34-5)28(35-6)19-31-2)11-12-21-13-14-26(33-4)23(18-21)29-16-15-24(30)22-9-7-8-10-25(22)32-3/h7-19,29H,1H2,2-6H3/b12-11-,16-15-,27-17+,28-19-. The molecule has 0 aromatic heterocycles. The van der Waals surface area contributed by atoms with Gasteiger partial charge in [0.25, 0.3) is 0 Å².